The fourth-order valence-electron chi connectivity index (χ4n) is 0. The first-order valence-electron chi connectivity index (χ1n) is 0. The number of hydrogen-bond acceptors (Lipinski definition) is 0. The normalized spacial score (nSPS) is 0. The summed E-state index contributed by atoms with van der Waals surface area (Å²) in [6, 6.07) is 0. The van der Waals surface area contributed by atoms with Crippen LogP contribution >= 0.6 is 0 Å². The van der Waals surface area contributed by atoms with Crippen LogP contribution in [0.3, 0.4) is 0 Å². The van der Waals surface area contributed by atoms with Gasteiger partial charge in [0.15, 0.2) is 0 Å². The van der Waals surface area contributed by atoms with Crippen LogP contribution < -0.4 is 0 Å². The Morgan fingerprint density at radius 1 is 0.750 bits per heavy atom. The minimum atomic E-state index is 0. The summed E-state index contributed by atoms with van der Waals surface area (Å²) in [6.07, 6.45) is 0. The monoisotopic (exact) mass is 275 g/mol. The Morgan fingerprint density at radius 2 is 0.750 bits per heavy atom. The van der Waals surface area contributed by atoms with Crippen LogP contribution in [-0.4, -0.2) is 0 Å². The molecule has 4 heavy (non-hydrogen) atoms. The van der Waals surface area contributed by atoms with Crippen LogP contribution in [0, 0.1) is 0 Å². The Morgan fingerprint density at radius 3 is 0.750 bits per heavy atom. The van der Waals surface area contributed by atoms with E-state index in [4.69, 9.17) is 0 Å². The van der Waals surface area contributed by atoms with E-state index in [1.165, 1.54) is 0 Å². The van der Waals surface area contributed by atoms with Gasteiger partial charge in [-0.3, -0.25) is 0 Å². The van der Waals surface area contributed by atoms with Crippen LogP contribution in [0.2, 0.25) is 0 Å². The van der Waals surface area contributed by atoms with Crippen molar-refractivity contribution in [2.45, 2.75) is 0 Å². The first kappa shape index (κ1) is 56.9. The molecule has 0 bridgehead atoms. The number of rotatable bonds is 0. The summed E-state index contributed by atoms with van der Waals surface area (Å²) in [5, 5.41) is 0. The van der Waals surface area contributed by atoms with Gasteiger partial charge in [-0.1, -0.05) is 0 Å². The standard InChI is InChI=1S/2O.Pt.Ti/q2*-2;;+4. The molecule has 0 aliphatic heterocycles. The van der Waals surface area contributed by atoms with E-state index >= 15 is 0 Å². The van der Waals surface area contributed by atoms with E-state index in [9.17, 15) is 0 Å². The minimum absolute atomic E-state index is 0. The summed E-state index contributed by atoms with van der Waals surface area (Å²) in [4.78, 5) is 0. The van der Waals surface area contributed by atoms with E-state index < -0.39 is 0 Å². The summed E-state index contributed by atoms with van der Waals surface area (Å²) in [5.41, 5.74) is 0. The van der Waals surface area contributed by atoms with Gasteiger partial charge in [0, 0.05) is 21.1 Å². The minimum Gasteiger partial charge on any atom is -2.00 e. The molecule has 0 aromatic heterocycles. The van der Waals surface area contributed by atoms with Crippen molar-refractivity contribution in [2.75, 3.05) is 0 Å². The van der Waals surface area contributed by atoms with Gasteiger partial charge in [0.25, 0.3) is 0 Å². The topological polar surface area (TPSA) is 57.0 Å². The van der Waals surface area contributed by atoms with Crippen molar-refractivity contribution in [3.8, 4) is 0 Å². The first-order chi connectivity index (χ1) is 0. The average molecular weight is 275 g/mol. The maximum absolute atomic E-state index is 0. The van der Waals surface area contributed by atoms with Gasteiger partial charge in [-0.05, 0) is 0 Å². The van der Waals surface area contributed by atoms with Crippen molar-refractivity contribution in [1.29, 1.82) is 0 Å². The quantitative estimate of drug-likeness (QED) is 0.548. The molecule has 0 amide bonds. The average Bonchev–Trinajstić information content (AvgIpc) is 0. The molecular weight excluding hydrogens is 275 g/mol. The van der Waals surface area contributed by atoms with Crippen LogP contribution in [-0.2, 0) is 53.7 Å². The Bertz CT molecular complexity index is 6.00. The molecule has 0 radical (unpaired) electrons. The Labute approximate surface area is 53.7 Å². The third kappa shape index (κ3) is 10.2. The summed E-state index contributed by atoms with van der Waals surface area (Å²) in [7, 11) is 0. The smallest absolute Gasteiger partial charge is 2.00 e. The Kier molecular flexibility index (Phi) is 388. The zero-order chi connectivity index (χ0) is 0. The molecule has 0 fully saturated rings. The molecule has 0 saturated carbocycles. The van der Waals surface area contributed by atoms with Crippen LogP contribution in [0.4, 0.5) is 0 Å². The Hall–Kier alpha value is 1.32. The van der Waals surface area contributed by atoms with E-state index in [2.05, 4.69) is 0 Å². The second-order valence-electron chi connectivity index (χ2n) is 0. The third-order valence-corrected chi connectivity index (χ3v) is 0. The molecule has 0 spiro atoms. The molecule has 0 aliphatic carbocycles. The van der Waals surface area contributed by atoms with Crippen LogP contribution in [0.1, 0.15) is 0 Å². The molecule has 0 aromatic rings. The molecule has 0 heterocycles. The maximum atomic E-state index is 0. The molecule has 26 valence electrons. The van der Waals surface area contributed by atoms with Crippen LogP contribution in [0.25, 0.3) is 0 Å². The number of hydrogen-bond donors (Lipinski definition) is 0. The van der Waals surface area contributed by atoms with Crippen molar-refractivity contribution in [3.05, 3.63) is 0 Å². The van der Waals surface area contributed by atoms with Gasteiger partial charge < -0.3 is 11.0 Å². The first-order valence-corrected chi connectivity index (χ1v) is 0. The van der Waals surface area contributed by atoms with E-state index in [0.717, 1.165) is 0 Å². The fourth-order valence-corrected chi connectivity index (χ4v) is 0. The van der Waals surface area contributed by atoms with Crippen molar-refractivity contribution >= 4 is 0 Å². The Balaban J connectivity index is 0. The zero-order valence-corrected chi connectivity index (χ0v) is 5.47. The van der Waals surface area contributed by atoms with Gasteiger partial charge in [0.1, 0.15) is 0 Å². The molecular formula is O2PtTi. The second-order valence-corrected chi connectivity index (χ2v) is 0. The van der Waals surface area contributed by atoms with Gasteiger partial charge in [0.05, 0.1) is 0 Å². The van der Waals surface area contributed by atoms with Gasteiger partial charge in [-0.15, -0.1) is 0 Å². The zero-order valence-electron chi connectivity index (χ0n) is 1.63. The van der Waals surface area contributed by atoms with Crippen LogP contribution in [0.5, 0.6) is 0 Å². The van der Waals surface area contributed by atoms with Gasteiger partial charge in [-0.2, -0.15) is 0 Å². The van der Waals surface area contributed by atoms with Gasteiger partial charge in [-0.25, -0.2) is 0 Å². The van der Waals surface area contributed by atoms with Crippen molar-refractivity contribution in [3.63, 3.8) is 0 Å². The molecule has 0 atom stereocenters. The second kappa shape index (κ2) is 27.3. The molecule has 0 saturated heterocycles. The largest absolute Gasteiger partial charge is 4.00 e. The maximum Gasteiger partial charge on any atom is 4.00 e. The van der Waals surface area contributed by atoms with Crippen LogP contribution in [0.15, 0.2) is 0 Å². The molecule has 0 rings (SSSR count). The summed E-state index contributed by atoms with van der Waals surface area (Å²) in [5.74, 6) is 0. The molecule has 4 heteroatoms. The summed E-state index contributed by atoms with van der Waals surface area (Å²) >= 11 is 0. The van der Waals surface area contributed by atoms with Crippen molar-refractivity contribution < 1.29 is 53.7 Å². The summed E-state index contributed by atoms with van der Waals surface area (Å²) < 4.78 is 0. The summed E-state index contributed by atoms with van der Waals surface area (Å²) in [6.45, 7) is 0. The van der Waals surface area contributed by atoms with E-state index in [1.54, 1.807) is 0 Å². The van der Waals surface area contributed by atoms with E-state index in [-0.39, 0.29) is 53.7 Å². The predicted molar refractivity (Wildman–Crippen MR) is 1.37 cm³/mol. The molecule has 0 aliphatic rings. The van der Waals surface area contributed by atoms with E-state index in [0.29, 0.717) is 0 Å². The molecule has 0 unspecified atom stereocenters. The SMILES string of the molecule is [O-2].[O-2].[Pt].[Ti+4]. The van der Waals surface area contributed by atoms with Crippen molar-refractivity contribution in [1.82, 2.24) is 0 Å². The molecule has 0 aromatic carbocycles. The fraction of sp³-hybridized carbons (Fsp3) is 0. The van der Waals surface area contributed by atoms with Crippen molar-refractivity contribution in [2.24, 2.45) is 0 Å². The van der Waals surface area contributed by atoms with Gasteiger partial charge >= 0.3 is 21.7 Å². The molecule has 0 N–H and O–H groups in total. The van der Waals surface area contributed by atoms with E-state index in [1.807, 2.05) is 0 Å². The predicted octanol–water partition coefficient (Wildman–Crippen LogP) is -0.243. The van der Waals surface area contributed by atoms with Gasteiger partial charge in [0.2, 0.25) is 0 Å². The molecule has 2 nitrogen and oxygen atoms in total. The third-order valence-electron chi connectivity index (χ3n) is 0.